The Morgan fingerprint density at radius 1 is 0.609 bits per heavy atom. The second kappa shape index (κ2) is 9.33. The van der Waals surface area contributed by atoms with Crippen LogP contribution in [0.25, 0.3) is 0 Å². The van der Waals surface area contributed by atoms with Crippen molar-refractivity contribution in [2.24, 2.45) is 0 Å². The van der Waals surface area contributed by atoms with Gasteiger partial charge in [0.1, 0.15) is 0 Å². The highest BCUT2D eigenvalue weighted by atomic mass is 31.3. The van der Waals surface area contributed by atoms with Crippen molar-refractivity contribution in [2.45, 2.75) is 13.8 Å². The van der Waals surface area contributed by atoms with Crippen molar-refractivity contribution in [3.05, 3.63) is 0 Å². The van der Waals surface area contributed by atoms with Crippen molar-refractivity contribution in [1.82, 2.24) is 32.9 Å². The fourth-order valence-corrected chi connectivity index (χ4v) is 14.4. The molecule has 0 saturated heterocycles. The summed E-state index contributed by atoms with van der Waals surface area (Å²) < 4.78 is 14.7. The Morgan fingerprint density at radius 2 is 0.957 bits per heavy atom. The second-order valence-corrected chi connectivity index (χ2v) is 14.3. The van der Waals surface area contributed by atoms with Crippen molar-refractivity contribution in [3.8, 4) is 0 Å². The number of hydrogen-bond donors (Lipinski definition) is 1. The maximum absolute atomic E-state index is 3.85. The highest BCUT2D eigenvalue weighted by Gasteiger charge is 2.69. The monoisotopic (exact) mass is 369 g/mol. The third kappa shape index (κ3) is 4.05. The van der Waals surface area contributed by atoms with Crippen LogP contribution in [0, 0.1) is 0 Å². The molecule has 0 atom stereocenters. The van der Waals surface area contributed by atoms with E-state index in [0.29, 0.717) is 0 Å². The van der Waals surface area contributed by atoms with Gasteiger partial charge in [0.05, 0.1) is 6.54 Å². The smallest absolute Gasteiger partial charge is 0.143 e. The van der Waals surface area contributed by atoms with Crippen molar-refractivity contribution < 1.29 is 0 Å². The maximum Gasteiger partial charge on any atom is 0.345 e. The van der Waals surface area contributed by atoms with E-state index in [1.807, 2.05) is 0 Å². The lowest BCUT2D eigenvalue weighted by molar-refractivity contribution is 0.371. The van der Waals surface area contributed by atoms with Gasteiger partial charge in [-0.1, -0.05) is 0 Å². The van der Waals surface area contributed by atoms with Gasteiger partial charge in [-0.25, -0.2) is 0 Å². The van der Waals surface area contributed by atoms with Gasteiger partial charge in [-0.05, 0) is 13.8 Å². The minimum absolute atomic E-state index is 0.939. The average molecular weight is 369 g/mol. The predicted octanol–water partition coefficient (Wildman–Crippen LogP) is 2.08. The molecular formula is C14H41N7P2+2. The van der Waals surface area contributed by atoms with Gasteiger partial charge in [0.25, 0.3) is 0 Å². The number of rotatable bonds is 10. The van der Waals surface area contributed by atoms with Crippen LogP contribution in [-0.4, -0.2) is 111 Å². The van der Waals surface area contributed by atoms with E-state index in [0.717, 1.165) is 13.1 Å². The van der Waals surface area contributed by atoms with E-state index in [-0.39, 0.29) is 0 Å². The van der Waals surface area contributed by atoms with E-state index < -0.39 is 15.7 Å². The first-order valence-corrected chi connectivity index (χ1v) is 11.4. The lowest BCUT2D eigenvalue weighted by Crippen LogP contribution is -2.53. The highest BCUT2D eigenvalue weighted by Crippen LogP contribution is 2.80. The van der Waals surface area contributed by atoms with Crippen LogP contribution >= 0.6 is 15.7 Å². The summed E-state index contributed by atoms with van der Waals surface area (Å²) in [4.78, 5) is 0. The zero-order valence-electron chi connectivity index (χ0n) is 17.5. The van der Waals surface area contributed by atoms with Crippen molar-refractivity contribution in [3.63, 3.8) is 0 Å². The molecule has 7 nitrogen and oxygen atoms in total. The minimum Gasteiger partial charge on any atom is -0.143 e. The summed E-state index contributed by atoms with van der Waals surface area (Å²) in [6.45, 7) is 6.37. The summed E-state index contributed by atoms with van der Waals surface area (Å²) in [5.41, 5.74) is 0. The third-order valence-electron chi connectivity index (χ3n) is 4.01. The van der Waals surface area contributed by atoms with Gasteiger partial charge in [-0.2, -0.15) is 0 Å². The summed E-state index contributed by atoms with van der Waals surface area (Å²) in [5, 5.41) is 3.85. The maximum atomic E-state index is 3.85. The molecule has 0 aliphatic carbocycles. The fourth-order valence-electron chi connectivity index (χ4n) is 3.59. The SMILES string of the molecule is CCN[P+](N(C)C)(N(C)C)N(CC)[P+](N(C)C)(N(C)C)N(C)C. The molecule has 0 saturated carbocycles. The Kier molecular flexibility index (Phi) is 9.56. The van der Waals surface area contributed by atoms with Crippen LogP contribution in [0.4, 0.5) is 0 Å². The van der Waals surface area contributed by atoms with Gasteiger partial charge >= 0.3 is 15.7 Å². The van der Waals surface area contributed by atoms with Crippen LogP contribution in [0.1, 0.15) is 13.8 Å². The van der Waals surface area contributed by atoms with Crippen LogP contribution < -0.4 is 5.09 Å². The van der Waals surface area contributed by atoms with Gasteiger partial charge in [0.15, 0.2) is 0 Å². The molecule has 9 heteroatoms. The van der Waals surface area contributed by atoms with Gasteiger partial charge < -0.3 is 0 Å². The molecule has 0 aromatic heterocycles. The van der Waals surface area contributed by atoms with Crippen LogP contribution in [0.2, 0.25) is 0 Å². The van der Waals surface area contributed by atoms with Crippen LogP contribution in [-0.2, 0) is 0 Å². The molecule has 23 heavy (non-hydrogen) atoms. The van der Waals surface area contributed by atoms with Gasteiger partial charge in [-0.3, -0.25) is 0 Å². The second-order valence-electron chi connectivity index (χ2n) is 6.54. The summed E-state index contributed by atoms with van der Waals surface area (Å²) in [6, 6.07) is 0. The van der Waals surface area contributed by atoms with Crippen molar-refractivity contribution in [1.29, 1.82) is 0 Å². The molecule has 0 bridgehead atoms. The van der Waals surface area contributed by atoms with E-state index in [4.69, 9.17) is 0 Å². The topological polar surface area (TPSA) is 31.5 Å². The van der Waals surface area contributed by atoms with Crippen molar-refractivity contribution >= 4 is 15.7 Å². The summed E-state index contributed by atoms with van der Waals surface area (Å²) in [7, 11) is 18.2. The number of nitrogens with one attached hydrogen (secondary N) is 1. The van der Waals surface area contributed by atoms with Crippen LogP contribution in [0.15, 0.2) is 0 Å². The molecule has 0 aliphatic heterocycles. The lowest BCUT2D eigenvalue weighted by atomic mass is 10.8. The molecule has 1 N–H and O–H groups in total. The molecule has 0 aromatic carbocycles. The molecule has 0 unspecified atom stereocenters. The number of nitrogens with zero attached hydrogens (tertiary/aromatic N) is 6. The molecule has 0 aliphatic rings. The molecule has 0 radical (unpaired) electrons. The Balaban J connectivity index is 6.54. The fraction of sp³-hybridized carbons (Fsp3) is 1.00. The molecule has 0 aromatic rings. The quantitative estimate of drug-likeness (QED) is 0.590. The van der Waals surface area contributed by atoms with Crippen LogP contribution in [0.3, 0.4) is 0 Å². The average Bonchev–Trinajstić information content (AvgIpc) is 2.40. The predicted molar refractivity (Wildman–Crippen MR) is 108 cm³/mol. The molecular weight excluding hydrogens is 328 g/mol. The van der Waals surface area contributed by atoms with Gasteiger partial charge in [0.2, 0.25) is 0 Å². The van der Waals surface area contributed by atoms with Crippen molar-refractivity contribution in [2.75, 3.05) is 83.6 Å². The zero-order valence-corrected chi connectivity index (χ0v) is 19.3. The summed E-state index contributed by atoms with van der Waals surface area (Å²) in [6.07, 6.45) is 0. The standard InChI is InChI=1S/C14H41N7P2/c1-13-15-22(16(3)4,17(5)6)21(14-2)23(18(7)8,19(9)10)20(11)12/h15H,13-14H2,1-12H3/q+2. The van der Waals surface area contributed by atoms with Crippen LogP contribution in [0.5, 0.6) is 0 Å². The first-order valence-electron chi connectivity index (χ1n) is 8.18. The third-order valence-corrected chi connectivity index (χ3v) is 13.5. The molecule has 0 rings (SSSR count). The normalized spacial score (nSPS) is 14.3. The Hall–Kier alpha value is 0.580. The number of hydrogen-bond acceptors (Lipinski definition) is 7. The van der Waals surface area contributed by atoms with Gasteiger partial charge in [-0.15, -0.1) is 28.4 Å². The van der Waals surface area contributed by atoms with E-state index in [1.165, 1.54) is 0 Å². The first kappa shape index (κ1) is 23.6. The summed E-state index contributed by atoms with van der Waals surface area (Å²) in [5.74, 6) is 0. The van der Waals surface area contributed by atoms with E-state index >= 15 is 0 Å². The zero-order chi connectivity index (χ0) is 18.6. The highest BCUT2D eigenvalue weighted by molar-refractivity contribution is 7.81. The molecule has 0 spiro atoms. The largest absolute Gasteiger partial charge is 0.345 e. The van der Waals surface area contributed by atoms with Gasteiger partial charge in [0, 0.05) is 81.5 Å². The Labute approximate surface area is 146 Å². The van der Waals surface area contributed by atoms with E-state index in [1.54, 1.807) is 0 Å². The lowest BCUT2D eigenvalue weighted by Gasteiger charge is -2.49. The minimum atomic E-state index is -1.86. The van der Waals surface area contributed by atoms with E-state index in [9.17, 15) is 0 Å². The summed E-state index contributed by atoms with van der Waals surface area (Å²) >= 11 is 0. The molecule has 140 valence electrons. The first-order chi connectivity index (χ1) is 10.5. The molecule has 0 fully saturated rings. The molecule has 0 heterocycles. The van der Waals surface area contributed by atoms with E-state index in [2.05, 4.69) is 117 Å². The Bertz CT molecular complexity index is 318. The Morgan fingerprint density at radius 3 is 1.13 bits per heavy atom. The molecule has 0 amide bonds.